The molecule has 0 saturated heterocycles. The van der Waals surface area contributed by atoms with Crippen molar-refractivity contribution in [3.63, 3.8) is 0 Å². The van der Waals surface area contributed by atoms with Crippen LogP contribution < -0.4 is 10.1 Å². The van der Waals surface area contributed by atoms with Gasteiger partial charge in [0.1, 0.15) is 5.75 Å². The largest absolute Gasteiger partial charge is 0.496 e. The van der Waals surface area contributed by atoms with Gasteiger partial charge in [-0.1, -0.05) is 38.8 Å². The molecule has 2 unspecified atom stereocenters. The summed E-state index contributed by atoms with van der Waals surface area (Å²) in [5.74, 6) is 2.31. The number of rotatable bonds is 8. The van der Waals surface area contributed by atoms with E-state index in [1.54, 1.807) is 7.11 Å². The fourth-order valence-electron chi connectivity index (χ4n) is 2.95. The van der Waals surface area contributed by atoms with Gasteiger partial charge in [0.2, 0.25) is 0 Å². The molecule has 1 aliphatic carbocycles. The molecule has 1 aliphatic rings. The van der Waals surface area contributed by atoms with Gasteiger partial charge in [0.15, 0.2) is 0 Å². The van der Waals surface area contributed by atoms with Gasteiger partial charge < -0.3 is 10.1 Å². The molecule has 1 N–H and O–H groups in total. The molecule has 2 atom stereocenters. The number of hydrogen-bond acceptors (Lipinski definition) is 2. The summed E-state index contributed by atoms with van der Waals surface area (Å²) in [6.07, 6.45) is 5.25. The predicted molar refractivity (Wildman–Crippen MR) is 85.6 cm³/mol. The molecule has 2 nitrogen and oxygen atoms in total. The minimum absolute atomic E-state index is 0.588. The normalized spacial score (nSPS) is 17.8. The molecule has 0 amide bonds. The molecule has 1 saturated carbocycles. The molecule has 2 rings (SSSR count). The van der Waals surface area contributed by atoms with Crippen molar-refractivity contribution in [1.82, 2.24) is 5.32 Å². The molecule has 1 aromatic carbocycles. The van der Waals surface area contributed by atoms with Crippen molar-refractivity contribution >= 4 is 0 Å². The Kier molecular flexibility index (Phi) is 5.47. The van der Waals surface area contributed by atoms with Gasteiger partial charge in [-0.2, -0.15) is 0 Å². The number of benzene rings is 1. The highest BCUT2D eigenvalue weighted by Crippen LogP contribution is 2.32. The summed E-state index contributed by atoms with van der Waals surface area (Å²) in [6, 6.07) is 7.49. The van der Waals surface area contributed by atoms with Crippen molar-refractivity contribution in [3.05, 3.63) is 29.3 Å². The van der Waals surface area contributed by atoms with Crippen LogP contribution in [0.4, 0.5) is 0 Å². The molecule has 0 bridgehead atoms. The maximum absolute atomic E-state index is 5.49. The van der Waals surface area contributed by atoms with E-state index in [2.05, 4.69) is 44.3 Å². The standard InChI is InChI=1S/C18H29NO/c1-5-6-13(2)17(12-19-16-9-10-16)15-8-7-14(3)18(11-15)20-4/h7-8,11,13,16-17,19H,5-6,9-10,12H2,1-4H3. The lowest BCUT2D eigenvalue weighted by atomic mass is 9.84. The zero-order valence-electron chi connectivity index (χ0n) is 13.4. The first-order chi connectivity index (χ1) is 9.65. The Hall–Kier alpha value is -1.02. The summed E-state index contributed by atoms with van der Waals surface area (Å²) in [6.45, 7) is 7.86. The number of hydrogen-bond donors (Lipinski definition) is 1. The van der Waals surface area contributed by atoms with Gasteiger partial charge in [0.05, 0.1) is 7.11 Å². The van der Waals surface area contributed by atoms with E-state index in [0.29, 0.717) is 11.8 Å². The predicted octanol–water partition coefficient (Wildman–Crippen LogP) is 4.28. The highest BCUT2D eigenvalue weighted by atomic mass is 16.5. The topological polar surface area (TPSA) is 21.3 Å². The van der Waals surface area contributed by atoms with E-state index in [0.717, 1.165) is 18.3 Å². The summed E-state index contributed by atoms with van der Waals surface area (Å²) >= 11 is 0. The Morgan fingerprint density at radius 3 is 2.70 bits per heavy atom. The third kappa shape index (κ3) is 3.99. The average molecular weight is 275 g/mol. The van der Waals surface area contributed by atoms with Crippen LogP contribution in [-0.2, 0) is 0 Å². The van der Waals surface area contributed by atoms with Gasteiger partial charge in [-0.3, -0.25) is 0 Å². The summed E-state index contributed by atoms with van der Waals surface area (Å²) in [5, 5.41) is 3.71. The van der Waals surface area contributed by atoms with Gasteiger partial charge >= 0.3 is 0 Å². The molecule has 0 radical (unpaired) electrons. The van der Waals surface area contributed by atoms with Crippen LogP contribution in [0.5, 0.6) is 5.75 Å². The average Bonchev–Trinajstić information content (AvgIpc) is 3.25. The maximum Gasteiger partial charge on any atom is 0.122 e. The van der Waals surface area contributed by atoms with E-state index in [-0.39, 0.29) is 0 Å². The SMILES string of the molecule is CCCC(C)C(CNC1CC1)c1ccc(C)c(OC)c1. The van der Waals surface area contributed by atoms with E-state index in [1.165, 1.54) is 36.8 Å². The molecular formula is C18H29NO. The molecular weight excluding hydrogens is 246 g/mol. The third-order valence-corrected chi connectivity index (χ3v) is 4.49. The van der Waals surface area contributed by atoms with Gasteiger partial charge in [-0.25, -0.2) is 0 Å². The lowest BCUT2D eigenvalue weighted by molar-refractivity contribution is 0.393. The van der Waals surface area contributed by atoms with Crippen molar-refractivity contribution in [2.75, 3.05) is 13.7 Å². The van der Waals surface area contributed by atoms with Crippen molar-refractivity contribution in [2.24, 2.45) is 5.92 Å². The minimum atomic E-state index is 0.588. The quantitative estimate of drug-likeness (QED) is 0.765. The van der Waals surface area contributed by atoms with Crippen molar-refractivity contribution < 1.29 is 4.74 Å². The molecule has 0 aliphatic heterocycles. The van der Waals surface area contributed by atoms with Crippen LogP contribution in [-0.4, -0.2) is 19.7 Å². The second-order valence-corrected chi connectivity index (χ2v) is 6.28. The molecule has 0 aromatic heterocycles. The van der Waals surface area contributed by atoms with Crippen LogP contribution in [0, 0.1) is 12.8 Å². The second-order valence-electron chi connectivity index (χ2n) is 6.28. The summed E-state index contributed by atoms with van der Waals surface area (Å²) in [4.78, 5) is 0. The first kappa shape index (κ1) is 15.4. The molecule has 0 heterocycles. The van der Waals surface area contributed by atoms with Gasteiger partial charge in [-0.15, -0.1) is 0 Å². The van der Waals surface area contributed by atoms with Crippen molar-refractivity contribution in [1.29, 1.82) is 0 Å². The van der Waals surface area contributed by atoms with E-state index in [9.17, 15) is 0 Å². The zero-order valence-corrected chi connectivity index (χ0v) is 13.4. The first-order valence-electron chi connectivity index (χ1n) is 8.03. The second kappa shape index (κ2) is 7.12. The highest BCUT2D eigenvalue weighted by molar-refractivity contribution is 5.38. The maximum atomic E-state index is 5.49. The number of nitrogens with one attached hydrogen (secondary N) is 1. The van der Waals surface area contributed by atoms with E-state index in [4.69, 9.17) is 4.74 Å². The Morgan fingerprint density at radius 2 is 2.10 bits per heavy atom. The fraction of sp³-hybridized carbons (Fsp3) is 0.667. The van der Waals surface area contributed by atoms with Crippen LogP contribution >= 0.6 is 0 Å². The lowest BCUT2D eigenvalue weighted by Gasteiger charge is -2.25. The molecule has 112 valence electrons. The van der Waals surface area contributed by atoms with Gasteiger partial charge in [-0.05, 0) is 48.8 Å². The van der Waals surface area contributed by atoms with E-state index in [1.807, 2.05) is 0 Å². The Morgan fingerprint density at radius 1 is 1.35 bits per heavy atom. The fourth-order valence-corrected chi connectivity index (χ4v) is 2.95. The van der Waals surface area contributed by atoms with Crippen LogP contribution in [0.3, 0.4) is 0 Å². The summed E-state index contributed by atoms with van der Waals surface area (Å²) < 4.78 is 5.49. The van der Waals surface area contributed by atoms with Gasteiger partial charge in [0.25, 0.3) is 0 Å². The molecule has 2 heteroatoms. The van der Waals surface area contributed by atoms with Gasteiger partial charge in [0, 0.05) is 12.6 Å². The third-order valence-electron chi connectivity index (χ3n) is 4.49. The van der Waals surface area contributed by atoms with Crippen LogP contribution in [0.2, 0.25) is 0 Å². The first-order valence-corrected chi connectivity index (χ1v) is 8.03. The smallest absolute Gasteiger partial charge is 0.122 e. The van der Waals surface area contributed by atoms with Crippen LogP contribution in [0.15, 0.2) is 18.2 Å². The Bertz CT molecular complexity index is 425. The molecule has 0 spiro atoms. The van der Waals surface area contributed by atoms with E-state index < -0.39 is 0 Å². The zero-order chi connectivity index (χ0) is 14.5. The number of aryl methyl sites for hydroxylation is 1. The lowest BCUT2D eigenvalue weighted by Crippen LogP contribution is -2.27. The number of ether oxygens (including phenoxy) is 1. The van der Waals surface area contributed by atoms with Crippen molar-refractivity contribution in [3.8, 4) is 5.75 Å². The Balaban J connectivity index is 2.14. The van der Waals surface area contributed by atoms with Crippen molar-refractivity contribution in [2.45, 2.75) is 58.4 Å². The number of methoxy groups -OCH3 is 1. The molecule has 1 aromatic rings. The Labute approximate surface area is 123 Å². The van der Waals surface area contributed by atoms with Crippen LogP contribution in [0.25, 0.3) is 0 Å². The van der Waals surface area contributed by atoms with Crippen LogP contribution in [0.1, 0.15) is 56.6 Å². The monoisotopic (exact) mass is 275 g/mol. The minimum Gasteiger partial charge on any atom is -0.496 e. The van der Waals surface area contributed by atoms with E-state index >= 15 is 0 Å². The summed E-state index contributed by atoms with van der Waals surface area (Å²) in [7, 11) is 1.76. The summed E-state index contributed by atoms with van der Waals surface area (Å²) in [5.41, 5.74) is 2.63. The molecule has 20 heavy (non-hydrogen) atoms. The molecule has 1 fully saturated rings. The highest BCUT2D eigenvalue weighted by Gasteiger charge is 2.25.